The summed E-state index contributed by atoms with van der Waals surface area (Å²) < 4.78 is 0. The Labute approximate surface area is 171 Å². The summed E-state index contributed by atoms with van der Waals surface area (Å²) in [5, 5.41) is 10.7. The van der Waals surface area contributed by atoms with Crippen molar-refractivity contribution in [3.05, 3.63) is 85.3 Å². The van der Waals surface area contributed by atoms with E-state index in [4.69, 9.17) is 4.98 Å². The molecule has 0 aliphatic carbocycles. The largest absolute Gasteiger partial charge is 0.255 e. The summed E-state index contributed by atoms with van der Waals surface area (Å²) in [7, 11) is 0. The monoisotopic (exact) mass is 386 g/mol. The Bertz CT molecular complexity index is 1450. The number of aromatic nitrogens is 6. The van der Waals surface area contributed by atoms with E-state index in [9.17, 15) is 0 Å². The zero-order valence-electron chi connectivity index (χ0n) is 15.8. The van der Waals surface area contributed by atoms with Crippen molar-refractivity contribution in [3.8, 4) is 22.5 Å². The Kier molecular flexibility index (Phi) is 3.67. The number of benzene rings is 1. The number of hydrogen-bond donors (Lipinski definition) is 0. The van der Waals surface area contributed by atoms with Crippen molar-refractivity contribution in [1.29, 1.82) is 0 Å². The van der Waals surface area contributed by atoms with Gasteiger partial charge in [0.15, 0.2) is 5.65 Å². The van der Waals surface area contributed by atoms with Crippen molar-refractivity contribution in [2.24, 2.45) is 0 Å². The van der Waals surface area contributed by atoms with E-state index in [0.29, 0.717) is 5.65 Å². The minimum absolute atomic E-state index is 0.679. The van der Waals surface area contributed by atoms with Gasteiger partial charge in [0.05, 0.1) is 27.9 Å². The van der Waals surface area contributed by atoms with E-state index >= 15 is 0 Å². The number of fused-ring (bicyclic) bond motifs is 3. The molecule has 6 heteroatoms. The zero-order chi connectivity index (χ0) is 19.9. The summed E-state index contributed by atoms with van der Waals surface area (Å²) in [6.45, 7) is 0. The van der Waals surface area contributed by atoms with Crippen molar-refractivity contribution in [2.75, 3.05) is 0 Å². The average Bonchev–Trinajstić information content (AvgIpc) is 2.82. The van der Waals surface area contributed by atoms with Crippen LogP contribution in [0.4, 0.5) is 0 Å². The highest BCUT2D eigenvalue weighted by Gasteiger charge is 2.08. The third-order valence-electron chi connectivity index (χ3n) is 5.07. The lowest BCUT2D eigenvalue weighted by molar-refractivity contribution is 1.08. The molecule has 6 nitrogen and oxygen atoms in total. The molecule has 5 aromatic heterocycles. The summed E-state index contributed by atoms with van der Waals surface area (Å²) >= 11 is 0. The molecule has 5 heterocycles. The summed E-state index contributed by atoms with van der Waals surface area (Å²) in [6.07, 6.45) is 5.35. The minimum Gasteiger partial charge on any atom is -0.255 e. The molecule has 0 saturated heterocycles. The first-order chi connectivity index (χ1) is 14.8. The first-order valence-corrected chi connectivity index (χ1v) is 9.54. The maximum atomic E-state index is 4.72. The fraction of sp³-hybridized carbons (Fsp3) is 0. The van der Waals surface area contributed by atoms with Crippen LogP contribution in [0.3, 0.4) is 0 Å². The molecule has 1 aromatic carbocycles. The number of rotatable bonds is 2. The second kappa shape index (κ2) is 6.63. The summed E-state index contributed by atoms with van der Waals surface area (Å²) in [5.74, 6) is 0. The molecule has 0 fully saturated rings. The lowest BCUT2D eigenvalue weighted by atomic mass is 10.1. The van der Waals surface area contributed by atoms with Crippen LogP contribution in [0.15, 0.2) is 85.3 Å². The van der Waals surface area contributed by atoms with Gasteiger partial charge in [-0.3, -0.25) is 4.98 Å². The molecule has 0 amide bonds. The van der Waals surface area contributed by atoms with Crippen molar-refractivity contribution >= 4 is 33.0 Å². The zero-order valence-corrected chi connectivity index (χ0v) is 15.8. The van der Waals surface area contributed by atoms with Gasteiger partial charge in [-0.25, -0.2) is 15.0 Å². The standard InChI is InChI=1S/C24H14N6/c1-2-5-20-15(4-1)12-23(30-29-20)18-11-16-10-17(13-26-24(16)27-14-18)19-7-8-21-22(28-19)6-3-9-25-21/h1-14H. The predicted octanol–water partition coefficient (Wildman–Crippen LogP) is 4.85. The van der Waals surface area contributed by atoms with Crippen molar-refractivity contribution in [1.82, 2.24) is 30.1 Å². The Hall–Kier alpha value is -4.32. The molecule has 0 atom stereocenters. The predicted molar refractivity (Wildman–Crippen MR) is 117 cm³/mol. The third-order valence-corrected chi connectivity index (χ3v) is 5.07. The van der Waals surface area contributed by atoms with Gasteiger partial charge in [-0.1, -0.05) is 18.2 Å². The quantitative estimate of drug-likeness (QED) is 0.423. The van der Waals surface area contributed by atoms with E-state index in [1.807, 2.05) is 60.7 Å². The van der Waals surface area contributed by atoms with Crippen LogP contribution in [0.2, 0.25) is 0 Å². The molecule has 0 aliphatic heterocycles. The molecule has 0 unspecified atom stereocenters. The van der Waals surface area contributed by atoms with Crippen LogP contribution in [0.25, 0.3) is 55.5 Å². The topological polar surface area (TPSA) is 77.3 Å². The fourth-order valence-electron chi connectivity index (χ4n) is 3.55. The molecule has 6 rings (SSSR count). The second-order valence-corrected chi connectivity index (χ2v) is 7.02. The SMILES string of the molecule is c1ccc2nnc(-c3cnc4ncc(-c5ccc6ncccc6n5)cc4c3)cc2c1. The Morgan fingerprint density at radius 3 is 2.23 bits per heavy atom. The summed E-state index contributed by atoms with van der Waals surface area (Å²) in [6, 6.07) is 21.8. The highest BCUT2D eigenvalue weighted by Crippen LogP contribution is 2.26. The van der Waals surface area contributed by atoms with Crippen LogP contribution < -0.4 is 0 Å². The van der Waals surface area contributed by atoms with Crippen molar-refractivity contribution in [2.45, 2.75) is 0 Å². The molecule has 6 aromatic rings. The maximum absolute atomic E-state index is 4.72. The highest BCUT2D eigenvalue weighted by atomic mass is 15.1. The molecule has 0 radical (unpaired) electrons. The lowest BCUT2D eigenvalue weighted by Crippen LogP contribution is -1.92. The number of nitrogens with zero attached hydrogens (tertiary/aromatic N) is 6. The van der Waals surface area contributed by atoms with Gasteiger partial charge >= 0.3 is 0 Å². The Morgan fingerprint density at radius 2 is 1.33 bits per heavy atom. The summed E-state index contributed by atoms with van der Waals surface area (Å²) in [5.41, 5.74) is 6.73. The molecule has 140 valence electrons. The van der Waals surface area contributed by atoms with Gasteiger partial charge in [0.2, 0.25) is 0 Å². The Morgan fingerprint density at radius 1 is 0.533 bits per heavy atom. The van der Waals surface area contributed by atoms with E-state index in [1.54, 1.807) is 18.6 Å². The molecule has 0 N–H and O–H groups in total. The molecular weight excluding hydrogens is 372 g/mol. The van der Waals surface area contributed by atoms with Crippen LogP contribution in [-0.4, -0.2) is 30.1 Å². The van der Waals surface area contributed by atoms with Gasteiger partial charge in [0.1, 0.15) is 0 Å². The lowest BCUT2D eigenvalue weighted by Gasteiger charge is -2.06. The van der Waals surface area contributed by atoms with Crippen LogP contribution >= 0.6 is 0 Å². The molecule has 0 aliphatic rings. The van der Waals surface area contributed by atoms with Crippen LogP contribution in [0, 0.1) is 0 Å². The first-order valence-electron chi connectivity index (χ1n) is 9.54. The van der Waals surface area contributed by atoms with Gasteiger partial charge in [-0.2, -0.15) is 0 Å². The van der Waals surface area contributed by atoms with E-state index in [1.165, 1.54) is 0 Å². The molecule has 0 bridgehead atoms. The van der Waals surface area contributed by atoms with E-state index < -0.39 is 0 Å². The number of pyridine rings is 4. The normalized spacial score (nSPS) is 11.3. The smallest absolute Gasteiger partial charge is 0.159 e. The number of hydrogen-bond acceptors (Lipinski definition) is 6. The van der Waals surface area contributed by atoms with Gasteiger partial charge in [-0.15, -0.1) is 10.2 Å². The summed E-state index contributed by atoms with van der Waals surface area (Å²) in [4.78, 5) is 18.1. The van der Waals surface area contributed by atoms with E-state index in [0.717, 1.165) is 49.8 Å². The Balaban J connectivity index is 1.46. The van der Waals surface area contributed by atoms with Crippen LogP contribution in [0.5, 0.6) is 0 Å². The second-order valence-electron chi connectivity index (χ2n) is 7.02. The third kappa shape index (κ3) is 2.82. The van der Waals surface area contributed by atoms with Crippen LogP contribution in [-0.2, 0) is 0 Å². The maximum Gasteiger partial charge on any atom is 0.159 e. The minimum atomic E-state index is 0.679. The molecular formula is C24H14N6. The molecule has 0 saturated carbocycles. The average molecular weight is 386 g/mol. The van der Waals surface area contributed by atoms with Crippen molar-refractivity contribution in [3.63, 3.8) is 0 Å². The van der Waals surface area contributed by atoms with Gasteiger partial charge in [-0.05, 0) is 48.5 Å². The highest BCUT2D eigenvalue weighted by molar-refractivity contribution is 5.87. The van der Waals surface area contributed by atoms with E-state index in [2.05, 4.69) is 31.2 Å². The molecule has 0 spiro atoms. The molecule has 30 heavy (non-hydrogen) atoms. The van der Waals surface area contributed by atoms with Gasteiger partial charge in [0, 0.05) is 40.5 Å². The van der Waals surface area contributed by atoms with Crippen molar-refractivity contribution < 1.29 is 0 Å². The first kappa shape index (κ1) is 16.6. The van der Waals surface area contributed by atoms with Gasteiger partial charge < -0.3 is 0 Å². The van der Waals surface area contributed by atoms with E-state index in [-0.39, 0.29) is 0 Å². The van der Waals surface area contributed by atoms with Gasteiger partial charge in [0.25, 0.3) is 0 Å². The van der Waals surface area contributed by atoms with Crippen LogP contribution in [0.1, 0.15) is 0 Å². The fourth-order valence-corrected chi connectivity index (χ4v) is 3.55.